The molecule has 0 radical (unpaired) electrons. The van der Waals surface area contributed by atoms with Crippen molar-refractivity contribution >= 4 is 28.1 Å². The summed E-state index contributed by atoms with van der Waals surface area (Å²) in [5.74, 6) is 0.521. The van der Waals surface area contributed by atoms with E-state index in [1.807, 2.05) is 42.1 Å². The van der Waals surface area contributed by atoms with Crippen LogP contribution in [0.2, 0.25) is 0 Å². The largest absolute Gasteiger partial charge is 0.492 e. The van der Waals surface area contributed by atoms with Gasteiger partial charge < -0.3 is 19.9 Å². The summed E-state index contributed by atoms with van der Waals surface area (Å²) >= 11 is 0. The van der Waals surface area contributed by atoms with Crippen molar-refractivity contribution in [2.24, 2.45) is 0 Å². The van der Waals surface area contributed by atoms with Gasteiger partial charge in [-0.3, -0.25) is 18.8 Å². The van der Waals surface area contributed by atoms with Crippen LogP contribution in [0.15, 0.2) is 66.1 Å². The van der Waals surface area contributed by atoms with Crippen molar-refractivity contribution in [3.05, 3.63) is 77.5 Å². The van der Waals surface area contributed by atoms with Crippen LogP contribution in [-0.4, -0.2) is 99.2 Å². The smallest absolute Gasteiger partial charge is 0.274 e. The number of anilines is 1. The number of fused-ring (bicyclic) bond motifs is 2. The summed E-state index contributed by atoms with van der Waals surface area (Å²) in [5.41, 5.74) is 6.26. The number of ether oxygens (including phenoxy) is 1. The van der Waals surface area contributed by atoms with Gasteiger partial charge in [0.1, 0.15) is 23.7 Å². The Hall–Kier alpha value is -4.15. The first-order valence-corrected chi connectivity index (χ1v) is 16.0. The number of benzene rings is 1. The minimum absolute atomic E-state index is 0.229. The molecule has 0 spiro atoms. The maximum atomic E-state index is 13.6. The highest BCUT2D eigenvalue weighted by Gasteiger charge is 2.18. The van der Waals surface area contributed by atoms with Gasteiger partial charge in [0.25, 0.3) is 5.91 Å². The number of amides is 1. The van der Waals surface area contributed by atoms with Gasteiger partial charge in [0, 0.05) is 63.5 Å². The summed E-state index contributed by atoms with van der Waals surface area (Å²) in [6.07, 6.45) is 8.76. The fraction of sp³-hybridized carbons (Fsp3) is 0.457. The second-order valence-corrected chi connectivity index (χ2v) is 12.4. The molecule has 10 nitrogen and oxygen atoms in total. The number of aromatic nitrogens is 4. The monoisotopic (exact) mass is 612 g/mol. The highest BCUT2D eigenvalue weighted by atomic mass is 16.5. The van der Waals surface area contributed by atoms with Gasteiger partial charge in [-0.2, -0.15) is 5.10 Å². The number of piperazine rings is 1. The molecule has 1 amide bonds. The number of imidazole rings is 1. The fourth-order valence-corrected chi connectivity index (χ4v) is 5.51. The maximum Gasteiger partial charge on any atom is 0.274 e. The number of pyridine rings is 1. The molecule has 0 saturated carbocycles. The van der Waals surface area contributed by atoms with Gasteiger partial charge in [0.15, 0.2) is 0 Å². The van der Waals surface area contributed by atoms with E-state index in [1.165, 1.54) is 11.1 Å². The number of allylic oxidation sites excluding steroid dienone is 3. The van der Waals surface area contributed by atoms with Gasteiger partial charge in [-0.15, -0.1) is 0 Å². The van der Waals surface area contributed by atoms with Crippen LogP contribution in [0.1, 0.15) is 50.3 Å². The molecule has 1 fully saturated rings. The van der Waals surface area contributed by atoms with Gasteiger partial charge in [-0.25, -0.2) is 4.98 Å². The third-order valence-corrected chi connectivity index (χ3v) is 8.91. The molecule has 1 saturated heterocycles. The Bertz CT molecular complexity index is 1690. The minimum Gasteiger partial charge on any atom is -0.492 e. The van der Waals surface area contributed by atoms with Crippen LogP contribution < -0.4 is 10.1 Å². The van der Waals surface area contributed by atoms with E-state index in [9.17, 15) is 4.79 Å². The highest BCUT2D eigenvalue weighted by molar-refractivity contribution is 6.08. The summed E-state index contributed by atoms with van der Waals surface area (Å²) in [5, 5.41) is 8.98. The normalized spacial score (nSPS) is 15.4. The Labute approximate surface area is 266 Å². The molecule has 0 aliphatic carbocycles. The lowest BCUT2D eigenvalue weighted by Gasteiger charge is -2.32. The number of aryl methyl sites for hydroxylation is 1. The molecule has 1 aliphatic rings. The quantitative estimate of drug-likeness (QED) is 0.213. The Balaban J connectivity index is 1.30. The van der Waals surface area contributed by atoms with Crippen LogP contribution in [-0.2, 0) is 6.54 Å². The van der Waals surface area contributed by atoms with E-state index in [0.29, 0.717) is 30.5 Å². The molecule has 1 aromatic carbocycles. The number of hydrogen-bond acceptors (Lipinski definition) is 7. The lowest BCUT2D eigenvalue weighted by molar-refractivity contribution is 0.102. The molecule has 0 bridgehead atoms. The lowest BCUT2D eigenvalue weighted by Crippen LogP contribution is -2.45. The number of hydrogen-bond donors (Lipinski definition) is 1. The van der Waals surface area contributed by atoms with E-state index >= 15 is 0 Å². The SMILES string of the molecule is CC/C(C)=C(/C=C\N(C)C(C)C)Cn1nc(C)c2c(NC(=O)c3cnc4cc(OCCN5CCN(C)CC5)ccn34)cccc21. The van der Waals surface area contributed by atoms with Gasteiger partial charge in [0.05, 0.1) is 29.6 Å². The van der Waals surface area contributed by atoms with Crippen molar-refractivity contribution in [2.75, 3.05) is 58.7 Å². The van der Waals surface area contributed by atoms with Crippen LogP contribution in [0.4, 0.5) is 5.69 Å². The summed E-state index contributed by atoms with van der Waals surface area (Å²) in [6.45, 7) is 17.2. The van der Waals surface area contributed by atoms with Crippen LogP contribution in [0, 0.1) is 6.92 Å². The van der Waals surface area contributed by atoms with E-state index < -0.39 is 0 Å². The standard InChI is InChI=1S/C35H48N8O2/c1-8-26(4)28(12-14-40(7)25(2)3)24-43-31-11-9-10-30(34(31)27(5)38-43)37-35(44)32-23-36-33-22-29(13-15-42(32)33)45-21-20-41-18-16-39(6)17-19-41/h9-15,22-23,25H,8,16-21,24H2,1-7H3,(H,37,44)/b14-12-,28-26-. The average molecular weight is 613 g/mol. The lowest BCUT2D eigenvalue weighted by atomic mass is 10.1. The van der Waals surface area contributed by atoms with Gasteiger partial charge in [0.2, 0.25) is 0 Å². The third-order valence-electron chi connectivity index (χ3n) is 8.91. The molecular formula is C35H48N8O2. The van der Waals surface area contributed by atoms with Crippen molar-refractivity contribution < 1.29 is 9.53 Å². The first kappa shape index (κ1) is 32.2. The van der Waals surface area contributed by atoms with Gasteiger partial charge in [-0.05, 0) is 77.2 Å². The van der Waals surface area contributed by atoms with Crippen LogP contribution in [0.3, 0.4) is 0 Å². The van der Waals surface area contributed by atoms with Crippen LogP contribution >= 0.6 is 0 Å². The topological polar surface area (TPSA) is 83.2 Å². The predicted molar refractivity (Wildman–Crippen MR) is 182 cm³/mol. The molecule has 0 atom stereocenters. The molecular weight excluding hydrogens is 564 g/mol. The number of carbonyl (C=O) groups is 1. The zero-order chi connectivity index (χ0) is 32.1. The fourth-order valence-electron chi connectivity index (χ4n) is 5.51. The summed E-state index contributed by atoms with van der Waals surface area (Å²) in [6, 6.07) is 10.2. The molecule has 1 aliphatic heterocycles. The summed E-state index contributed by atoms with van der Waals surface area (Å²) in [4.78, 5) is 25.0. The maximum absolute atomic E-state index is 13.6. The van der Waals surface area contributed by atoms with E-state index in [0.717, 1.165) is 67.2 Å². The van der Waals surface area contributed by atoms with Crippen molar-refractivity contribution in [1.29, 1.82) is 0 Å². The second kappa shape index (κ2) is 14.3. The van der Waals surface area contributed by atoms with E-state index in [1.54, 1.807) is 10.6 Å². The summed E-state index contributed by atoms with van der Waals surface area (Å²) in [7, 11) is 4.25. The van der Waals surface area contributed by atoms with E-state index in [2.05, 4.69) is 85.1 Å². The number of rotatable bonds is 12. The van der Waals surface area contributed by atoms with Gasteiger partial charge in [-0.1, -0.05) is 18.6 Å². The second-order valence-electron chi connectivity index (χ2n) is 12.4. The number of nitrogens with zero attached hydrogens (tertiary/aromatic N) is 7. The number of carbonyl (C=O) groups excluding carboxylic acids is 1. The molecule has 45 heavy (non-hydrogen) atoms. The first-order chi connectivity index (χ1) is 21.6. The Morgan fingerprint density at radius 1 is 1.18 bits per heavy atom. The number of nitrogens with one attached hydrogen (secondary N) is 1. The van der Waals surface area contributed by atoms with E-state index in [4.69, 9.17) is 9.84 Å². The van der Waals surface area contributed by atoms with Crippen molar-refractivity contribution in [3.63, 3.8) is 0 Å². The minimum atomic E-state index is -0.229. The van der Waals surface area contributed by atoms with Crippen molar-refractivity contribution in [1.82, 2.24) is 33.9 Å². The average Bonchev–Trinajstić information content (AvgIpc) is 3.60. The molecule has 240 valence electrons. The zero-order valence-corrected chi connectivity index (χ0v) is 27.9. The van der Waals surface area contributed by atoms with Crippen LogP contribution in [0.25, 0.3) is 16.6 Å². The van der Waals surface area contributed by atoms with Crippen LogP contribution in [0.5, 0.6) is 5.75 Å². The molecule has 4 heterocycles. The Kier molecular flexibility index (Phi) is 10.2. The zero-order valence-electron chi connectivity index (χ0n) is 27.9. The molecule has 10 heteroatoms. The summed E-state index contributed by atoms with van der Waals surface area (Å²) < 4.78 is 9.86. The number of likely N-dealkylation sites (N-methyl/N-ethyl adjacent to an activating group) is 1. The first-order valence-electron chi connectivity index (χ1n) is 16.0. The predicted octanol–water partition coefficient (Wildman–Crippen LogP) is 5.45. The molecule has 5 rings (SSSR count). The molecule has 3 aromatic heterocycles. The van der Waals surface area contributed by atoms with E-state index in [-0.39, 0.29) is 5.91 Å². The van der Waals surface area contributed by atoms with Crippen molar-refractivity contribution in [2.45, 2.75) is 53.6 Å². The Morgan fingerprint density at radius 2 is 1.96 bits per heavy atom. The third kappa shape index (κ3) is 7.57. The molecule has 4 aromatic rings. The Morgan fingerprint density at radius 3 is 2.69 bits per heavy atom. The highest BCUT2D eigenvalue weighted by Crippen LogP contribution is 2.29. The molecule has 1 N–H and O–H groups in total. The molecule has 0 unspecified atom stereocenters. The van der Waals surface area contributed by atoms with Gasteiger partial charge >= 0.3 is 0 Å². The van der Waals surface area contributed by atoms with Crippen molar-refractivity contribution in [3.8, 4) is 5.75 Å².